The number of esters is 1. The van der Waals surface area contributed by atoms with Crippen molar-refractivity contribution in [3.8, 4) is 11.5 Å². The summed E-state index contributed by atoms with van der Waals surface area (Å²) in [6, 6.07) is 10.1. The van der Waals surface area contributed by atoms with Crippen LogP contribution >= 0.6 is 0 Å². The summed E-state index contributed by atoms with van der Waals surface area (Å²) in [6.45, 7) is 5.90. The van der Waals surface area contributed by atoms with Crippen LogP contribution in [0.15, 0.2) is 42.5 Å². The first-order valence-corrected chi connectivity index (χ1v) is 9.38. The summed E-state index contributed by atoms with van der Waals surface area (Å²) in [7, 11) is 1.37. The molecule has 0 heterocycles. The van der Waals surface area contributed by atoms with Gasteiger partial charge in [-0.1, -0.05) is 19.9 Å². The van der Waals surface area contributed by atoms with Crippen molar-refractivity contribution >= 4 is 11.9 Å². The number of carbonyl (C=O) groups is 2. The first kappa shape index (κ1) is 22.2. The summed E-state index contributed by atoms with van der Waals surface area (Å²) in [5, 5.41) is 2.70. The lowest BCUT2D eigenvalue weighted by Crippen LogP contribution is -2.45. The van der Waals surface area contributed by atoms with Gasteiger partial charge >= 0.3 is 5.97 Å². The molecule has 29 heavy (non-hydrogen) atoms. The van der Waals surface area contributed by atoms with Gasteiger partial charge in [0.1, 0.15) is 18.4 Å². The highest BCUT2D eigenvalue weighted by Gasteiger charge is 2.26. The fourth-order valence-electron chi connectivity index (χ4n) is 2.64. The molecule has 0 radical (unpaired) electrons. The van der Waals surface area contributed by atoms with Crippen molar-refractivity contribution in [3.05, 3.63) is 59.4 Å². The molecule has 0 fully saturated rings. The molecule has 0 unspecified atom stereocenters. The number of hydrogen-bond acceptors (Lipinski definition) is 5. The number of halogens is 1. The zero-order chi connectivity index (χ0) is 21.4. The summed E-state index contributed by atoms with van der Waals surface area (Å²) in [5.74, 6) is -0.930. The highest BCUT2D eigenvalue weighted by molar-refractivity contribution is 5.96. The minimum absolute atomic E-state index is 0.109. The standard InChI is InChI=1S/C22H26FNO5/c1-5-28-17-9-7-16(8-10-17)21(25)24-20(14(2)3)22(26)29-13-15-6-11-19(27-4)18(23)12-15/h6-12,14,20H,5,13H2,1-4H3,(H,24,25)/t20-/m0/s1. The van der Waals surface area contributed by atoms with Crippen molar-refractivity contribution in [2.24, 2.45) is 5.92 Å². The Morgan fingerprint density at radius 2 is 1.79 bits per heavy atom. The molecule has 7 heteroatoms. The van der Waals surface area contributed by atoms with Gasteiger partial charge in [-0.3, -0.25) is 4.79 Å². The van der Waals surface area contributed by atoms with Crippen LogP contribution in [0, 0.1) is 11.7 Å². The van der Waals surface area contributed by atoms with Gasteiger partial charge in [0.2, 0.25) is 0 Å². The molecule has 0 aliphatic heterocycles. The number of nitrogens with one attached hydrogen (secondary N) is 1. The summed E-state index contributed by atoms with van der Waals surface area (Å²) in [5.41, 5.74) is 0.890. The summed E-state index contributed by atoms with van der Waals surface area (Å²) >= 11 is 0. The van der Waals surface area contributed by atoms with Gasteiger partial charge in [-0.2, -0.15) is 0 Å². The number of hydrogen-bond donors (Lipinski definition) is 1. The van der Waals surface area contributed by atoms with Crippen LogP contribution in [0.5, 0.6) is 11.5 Å². The van der Waals surface area contributed by atoms with E-state index in [-0.39, 0.29) is 24.2 Å². The Kier molecular flexibility index (Phi) is 8.00. The van der Waals surface area contributed by atoms with E-state index >= 15 is 0 Å². The van der Waals surface area contributed by atoms with Crippen LogP contribution in [-0.4, -0.2) is 31.6 Å². The normalized spacial score (nSPS) is 11.7. The number of rotatable bonds is 9. The fourth-order valence-corrected chi connectivity index (χ4v) is 2.64. The average molecular weight is 403 g/mol. The van der Waals surface area contributed by atoms with Gasteiger partial charge in [-0.05, 0) is 54.8 Å². The molecule has 0 aliphatic carbocycles. The van der Waals surface area contributed by atoms with E-state index in [2.05, 4.69) is 5.32 Å². The Morgan fingerprint density at radius 1 is 1.10 bits per heavy atom. The molecule has 0 aromatic heterocycles. The number of ether oxygens (including phenoxy) is 3. The second kappa shape index (κ2) is 10.5. The molecule has 1 atom stereocenters. The maximum Gasteiger partial charge on any atom is 0.329 e. The molecular formula is C22H26FNO5. The van der Waals surface area contributed by atoms with Crippen LogP contribution < -0.4 is 14.8 Å². The molecule has 0 spiro atoms. The van der Waals surface area contributed by atoms with E-state index < -0.39 is 17.8 Å². The second-order valence-corrected chi connectivity index (χ2v) is 6.73. The van der Waals surface area contributed by atoms with Gasteiger partial charge in [-0.25, -0.2) is 9.18 Å². The van der Waals surface area contributed by atoms with Crippen molar-refractivity contribution in [1.82, 2.24) is 5.32 Å². The molecule has 2 aromatic carbocycles. The van der Waals surface area contributed by atoms with Gasteiger partial charge in [0.05, 0.1) is 13.7 Å². The van der Waals surface area contributed by atoms with Crippen LogP contribution in [0.1, 0.15) is 36.7 Å². The lowest BCUT2D eigenvalue weighted by molar-refractivity contribution is -0.148. The molecule has 1 N–H and O–H groups in total. The Balaban J connectivity index is 1.99. The quantitative estimate of drug-likeness (QED) is 0.646. The molecule has 0 bridgehead atoms. The number of methoxy groups -OCH3 is 1. The van der Waals surface area contributed by atoms with Gasteiger partial charge in [-0.15, -0.1) is 0 Å². The third kappa shape index (κ3) is 6.20. The van der Waals surface area contributed by atoms with E-state index in [1.165, 1.54) is 19.2 Å². The first-order valence-electron chi connectivity index (χ1n) is 9.38. The zero-order valence-electron chi connectivity index (χ0n) is 17.0. The van der Waals surface area contributed by atoms with E-state index in [9.17, 15) is 14.0 Å². The molecule has 0 saturated carbocycles. The Labute approximate surface area is 170 Å². The lowest BCUT2D eigenvalue weighted by atomic mass is 10.0. The van der Waals surface area contributed by atoms with Crippen molar-refractivity contribution < 1.29 is 28.2 Å². The average Bonchev–Trinajstić information content (AvgIpc) is 2.70. The fraction of sp³-hybridized carbons (Fsp3) is 0.364. The van der Waals surface area contributed by atoms with Crippen LogP contribution in [0.3, 0.4) is 0 Å². The minimum atomic E-state index is -0.836. The summed E-state index contributed by atoms with van der Waals surface area (Å²) < 4.78 is 29.3. The molecule has 2 aromatic rings. The van der Waals surface area contributed by atoms with Crippen molar-refractivity contribution in [2.45, 2.75) is 33.4 Å². The third-order valence-corrected chi connectivity index (χ3v) is 4.23. The second-order valence-electron chi connectivity index (χ2n) is 6.73. The zero-order valence-corrected chi connectivity index (χ0v) is 17.0. The highest BCUT2D eigenvalue weighted by atomic mass is 19.1. The van der Waals surface area contributed by atoms with Gasteiger partial charge in [0.25, 0.3) is 5.91 Å². The molecule has 1 amide bonds. The molecule has 2 rings (SSSR count). The predicted octanol–water partition coefficient (Wildman–Crippen LogP) is 3.73. The van der Waals surface area contributed by atoms with Crippen molar-refractivity contribution in [3.63, 3.8) is 0 Å². The van der Waals surface area contributed by atoms with Crippen molar-refractivity contribution in [1.29, 1.82) is 0 Å². The van der Waals surface area contributed by atoms with Crippen LogP contribution in [0.25, 0.3) is 0 Å². The predicted molar refractivity (Wildman–Crippen MR) is 106 cm³/mol. The highest BCUT2D eigenvalue weighted by Crippen LogP contribution is 2.19. The molecule has 6 nitrogen and oxygen atoms in total. The largest absolute Gasteiger partial charge is 0.494 e. The van der Waals surface area contributed by atoms with E-state index in [1.807, 2.05) is 6.92 Å². The topological polar surface area (TPSA) is 73.9 Å². The molecule has 156 valence electrons. The Morgan fingerprint density at radius 3 is 2.34 bits per heavy atom. The van der Waals surface area contributed by atoms with Gasteiger partial charge < -0.3 is 19.5 Å². The first-order chi connectivity index (χ1) is 13.8. The number of benzene rings is 2. The van der Waals surface area contributed by atoms with Crippen molar-refractivity contribution in [2.75, 3.05) is 13.7 Å². The monoisotopic (exact) mass is 403 g/mol. The Bertz CT molecular complexity index is 836. The van der Waals surface area contributed by atoms with Crippen LogP contribution in [0.4, 0.5) is 4.39 Å². The lowest BCUT2D eigenvalue weighted by Gasteiger charge is -2.21. The maximum absolute atomic E-state index is 13.8. The Hall–Kier alpha value is -3.09. The molecule has 0 aliphatic rings. The van der Waals surface area contributed by atoms with E-state index in [1.54, 1.807) is 44.2 Å². The molecular weight excluding hydrogens is 377 g/mol. The summed E-state index contributed by atoms with van der Waals surface area (Å²) in [6.07, 6.45) is 0. The van der Waals surface area contributed by atoms with Crippen LogP contribution in [0.2, 0.25) is 0 Å². The SMILES string of the molecule is CCOc1ccc(C(=O)N[C@H](C(=O)OCc2ccc(OC)c(F)c2)C(C)C)cc1. The van der Waals surface area contributed by atoms with E-state index in [4.69, 9.17) is 14.2 Å². The molecule has 0 saturated heterocycles. The van der Waals surface area contributed by atoms with Gasteiger partial charge in [0.15, 0.2) is 11.6 Å². The van der Waals surface area contributed by atoms with E-state index in [0.717, 1.165) is 0 Å². The van der Waals surface area contributed by atoms with Crippen LogP contribution in [-0.2, 0) is 16.1 Å². The van der Waals surface area contributed by atoms with Gasteiger partial charge in [0, 0.05) is 5.56 Å². The number of carbonyl (C=O) groups excluding carboxylic acids is 2. The number of amides is 1. The third-order valence-electron chi connectivity index (χ3n) is 4.23. The van der Waals surface area contributed by atoms with E-state index in [0.29, 0.717) is 23.5 Å². The minimum Gasteiger partial charge on any atom is -0.494 e. The summed E-state index contributed by atoms with van der Waals surface area (Å²) in [4.78, 5) is 25.0. The smallest absolute Gasteiger partial charge is 0.329 e. The maximum atomic E-state index is 13.8.